The fourth-order valence-electron chi connectivity index (χ4n) is 3.63. The van der Waals surface area contributed by atoms with Crippen LogP contribution in [0, 0.1) is 0 Å². The topological polar surface area (TPSA) is 54.4 Å². The maximum Gasteiger partial charge on any atom is 0.272 e. The lowest BCUT2D eigenvalue weighted by Crippen LogP contribution is -2.20. The van der Waals surface area contributed by atoms with Crippen molar-refractivity contribution in [2.45, 2.75) is 33.1 Å². The standard InChI is InChI=1S/C28H26ClN3O/c1-18(19-13-15-21(16-14-19)28(2,3)4)31-32-27(33)23-17-25(20-9-6-5-7-10-20)30-26-22(23)11-8-12-24(26)29/h5-17H,1-4H3,(H,32,33). The number of hydrogen-bond acceptors (Lipinski definition) is 3. The zero-order chi connectivity index (χ0) is 23.6. The van der Waals surface area contributed by atoms with Crippen molar-refractivity contribution in [3.8, 4) is 11.3 Å². The van der Waals surface area contributed by atoms with E-state index in [2.05, 4.69) is 43.4 Å². The van der Waals surface area contributed by atoms with Gasteiger partial charge in [-0.3, -0.25) is 4.79 Å². The Bertz CT molecular complexity index is 1340. The van der Waals surface area contributed by atoms with Crippen molar-refractivity contribution in [2.75, 3.05) is 0 Å². The molecule has 1 aromatic heterocycles. The quantitative estimate of drug-likeness (QED) is 0.266. The molecular formula is C28H26ClN3O. The zero-order valence-corrected chi connectivity index (χ0v) is 19.9. The number of rotatable bonds is 4. The number of benzene rings is 3. The lowest BCUT2D eigenvalue weighted by atomic mass is 9.86. The number of nitrogens with one attached hydrogen (secondary N) is 1. The van der Waals surface area contributed by atoms with Crippen LogP contribution in [0.1, 0.15) is 49.2 Å². The van der Waals surface area contributed by atoms with E-state index in [0.29, 0.717) is 27.2 Å². The first-order valence-corrected chi connectivity index (χ1v) is 11.2. The second-order valence-corrected chi connectivity index (χ2v) is 9.43. The molecule has 0 saturated heterocycles. The van der Waals surface area contributed by atoms with E-state index >= 15 is 0 Å². The fourth-order valence-corrected chi connectivity index (χ4v) is 3.85. The van der Waals surface area contributed by atoms with Gasteiger partial charge in [0.2, 0.25) is 0 Å². The molecule has 0 spiro atoms. The van der Waals surface area contributed by atoms with Crippen LogP contribution in [0.25, 0.3) is 22.2 Å². The molecule has 166 valence electrons. The summed E-state index contributed by atoms with van der Waals surface area (Å²) in [6, 6.07) is 25.2. The summed E-state index contributed by atoms with van der Waals surface area (Å²) in [6.45, 7) is 8.41. The van der Waals surface area contributed by atoms with E-state index in [9.17, 15) is 4.79 Å². The highest BCUT2D eigenvalue weighted by molar-refractivity contribution is 6.35. The van der Waals surface area contributed by atoms with Crippen LogP contribution in [0.2, 0.25) is 5.02 Å². The Hall–Kier alpha value is -3.50. The summed E-state index contributed by atoms with van der Waals surface area (Å²) in [7, 11) is 0. The Morgan fingerprint density at radius 3 is 2.30 bits per heavy atom. The minimum absolute atomic E-state index is 0.0813. The van der Waals surface area contributed by atoms with Crippen molar-refractivity contribution in [3.05, 3.63) is 101 Å². The number of amides is 1. The summed E-state index contributed by atoms with van der Waals surface area (Å²) in [5, 5.41) is 5.54. The van der Waals surface area contributed by atoms with Crippen molar-refractivity contribution in [1.29, 1.82) is 0 Å². The first kappa shape index (κ1) is 22.7. The molecule has 1 N–H and O–H groups in total. The third-order valence-corrected chi connectivity index (χ3v) is 5.90. The van der Waals surface area contributed by atoms with E-state index in [-0.39, 0.29) is 11.3 Å². The second-order valence-electron chi connectivity index (χ2n) is 9.02. The SMILES string of the molecule is CC(=NNC(=O)c1cc(-c2ccccc2)nc2c(Cl)cccc12)c1ccc(C(C)(C)C)cc1. The molecule has 1 amide bonds. The van der Waals surface area contributed by atoms with Crippen LogP contribution < -0.4 is 5.43 Å². The molecule has 0 radical (unpaired) electrons. The molecule has 0 aliphatic carbocycles. The molecular weight excluding hydrogens is 430 g/mol. The number of aromatic nitrogens is 1. The van der Waals surface area contributed by atoms with Gasteiger partial charge in [-0.1, -0.05) is 99.1 Å². The molecule has 0 aliphatic rings. The molecule has 0 aliphatic heterocycles. The van der Waals surface area contributed by atoms with E-state index in [4.69, 9.17) is 16.6 Å². The average molecular weight is 456 g/mol. The summed E-state index contributed by atoms with van der Waals surface area (Å²) >= 11 is 6.42. The van der Waals surface area contributed by atoms with Gasteiger partial charge in [0.1, 0.15) is 0 Å². The van der Waals surface area contributed by atoms with Crippen LogP contribution in [0.15, 0.2) is 84.0 Å². The van der Waals surface area contributed by atoms with Crippen molar-refractivity contribution in [2.24, 2.45) is 5.10 Å². The minimum atomic E-state index is -0.312. The first-order chi connectivity index (χ1) is 15.7. The molecule has 3 aromatic carbocycles. The Morgan fingerprint density at radius 1 is 0.939 bits per heavy atom. The van der Waals surface area contributed by atoms with Crippen molar-refractivity contribution in [1.82, 2.24) is 10.4 Å². The number of carbonyl (C=O) groups excluding carboxylic acids is 1. The normalized spacial score (nSPS) is 12.1. The van der Waals surface area contributed by atoms with Crippen molar-refractivity contribution in [3.63, 3.8) is 0 Å². The highest BCUT2D eigenvalue weighted by Gasteiger charge is 2.16. The molecule has 4 aromatic rings. The van der Waals surface area contributed by atoms with Gasteiger partial charge in [0.25, 0.3) is 5.91 Å². The largest absolute Gasteiger partial charge is 0.272 e. The Morgan fingerprint density at radius 2 is 1.64 bits per heavy atom. The number of hydrazone groups is 1. The molecule has 4 nitrogen and oxygen atoms in total. The smallest absolute Gasteiger partial charge is 0.267 e. The van der Waals surface area contributed by atoms with Gasteiger partial charge in [0.05, 0.1) is 27.5 Å². The van der Waals surface area contributed by atoms with Crippen LogP contribution in [-0.2, 0) is 5.41 Å². The lowest BCUT2D eigenvalue weighted by molar-refractivity contribution is 0.0956. The molecule has 0 fully saturated rings. The number of fused-ring (bicyclic) bond motifs is 1. The van der Waals surface area contributed by atoms with Crippen LogP contribution >= 0.6 is 11.6 Å². The Balaban J connectivity index is 1.67. The van der Waals surface area contributed by atoms with Gasteiger partial charge < -0.3 is 0 Å². The number of para-hydroxylation sites is 1. The van der Waals surface area contributed by atoms with E-state index in [0.717, 1.165) is 16.8 Å². The summed E-state index contributed by atoms with van der Waals surface area (Å²) < 4.78 is 0. The Labute approximate surface area is 199 Å². The Kier molecular flexibility index (Phi) is 6.30. The van der Waals surface area contributed by atoms with Gasteiger partial charge in [-0.2, -0.15) is 5.10 Å². The molecule has 0 unspecified atom stereocenters. The van der Waals surface area contributed by atoms with E-state index in [1.54, 1.807) is 12.1 Å². The van der Waals surface area contributed by atoms with E-state index < -0.39 is 0 Å². The van der Waals surface area contributed by atoms with Crippen molar-refractivity contribution >= 4 is 34.1 Å². The van der Waals surface area contributed by atoms with Crippen molar-refractivity contribution < 1.29 is 4.79 Å². The third kappa shape index (κ3) is 4.96. The monoisotopic (exact) mass is 455 g/mol. The average Bonchev–Trinajstić information content (AvgIpc) is 2.82. The summed E-state index contributed by atoms with van der Waals surface area (Å²) in [4.78, 5) is 17.9. The second kappa shape index (κ2) is 9.16. The molecule has 5 heteroatoms. The van der Waals surface area contributed by atoms with E-state index in [1.807, 2.05) is 61.5 Å². The predicted octanol–water partition coefficient (Wildman–Crippen LogP) is 7.01. The molecule has 0 bridgehead atoms. The molecule has 0 atom stereocenters. The molecule has 0 saturated carbocycles. The van der Waals surface area contributed by atoms with Crippen LogP contribution in [0.5, 0.6) is 0 Å². The molecule has 1 heterocycles. The fraction of sp³-hybridized carbons (Fsp3) is 0.179. The predicted molar refractivity (Wildman–Crippen MR) is 137 cm³/mol. The minimum Gasteiger partial charge on any atom is -0.267 e. The van der Waals surface area contributed by atoms with Gasteiger partial charge in [0.15, 0.2) is 0 Å². The van der Waals surface area contributed by atoms with Gasteiger partial charge in [-0.05, 0) is 35.6 Å². The van der Waals surface area contributed by atoms with Gasteiger partial charge >= 0.3 is 0 Å². The van der Waals surface area contributed by atoms with Gasteiger partial charge in [-0.25, -0.2) is 10.4 Å². The van der Waals surface area contributed by atoms with Crippen LogP contribution in [0.4, 0.5) is 0 Å². The highest BCUT2D eigenvalue weighted by atomic mass is 35.5. The first-order valence-electron chi connectivity index (χ1n) is 10.8. The number of nitrogens with zero attached hydrogens (tertiary/aromatic N) is 2. The number of halogens is 1. The molecule has 4 rings (SSSR count). The highest BCUT2D eigenvalue weighted by Crippen LogP contribution is 2.29. The third-order valence-electron chi connectivity index (χ3n) is 5.60. The number of pyridine rings is 1. The maximum atomic E-state index is 13.2. The summed E-state index contributed by atoms with van der Waals surface area (Å²) in [5.74, 6) is -0.312. The molecule has 33 heavy (non-hydrogen) atoms. The maximum absolute atomic E-state index is 13.2. The van der Waals surface area contributed by atoms with Crippen LogP contribution in [0.3, 0.4) is 0 Å². The zero-order valence-electron chi connectivity index (χ0n) is 19.2. The lowest BCUT2D eigenvalue weighted by Gasteiger charge is -2.19. The van der Waals surface area contributed by atoms with Gasteiger partial charge in [0, 0.05) is 10.9 Å². The summed E-state index contributed by atoms with van der Waals surface area (Å²) in [6.07, 6.45) is 0. The number of hydrogen-bond donors (Lipinski definition) is 1. The van der Waals surface area contributed by atoms with Crippen LogP contribution in [-0.4, -0.2) is 16.6 Å². The summed E-state index contributed by atoms with van der Waals surface area (Å²) in [5.41, 5.74) is 8.37. The van der Waals surface area contributed by atoms with E-state index in [1.165, 1.54) is 5.56 Å². The number of carbonyl (C=O) groups is 1. The van der Waals surface area contributed by atoms with Gasteiger partial charge in [-0.15, -0.1) is 0 Å².